The van der Waals surface area contributed by atoms with Gasteiger partial charge in [-0.3, -0.25) is 4.79 Å². The second kappa shape index (κ2) is 7.26. The lowest BCUT2D eigenvalue weighted by Gasteiger charge is -2.34. The number of piperazine rings is 1. The van der Waals surface area contributed by atoms with Gasteiger partial charge in [0.1, 0.15) is 5.82 Å². The Labute approximate surface area is 178 Å². The first kappa shape index (κ1) is 8.68. The third-order valence-electron chi connectivity index (χ3n) is 4.01. The molecule has 1 fully saturated rings. The van der Waals surface area contributed by atoms with Crippen molar-refractivity contribution < 1.29 is 35.2 Å². The minimum absolute atomic E-state index is 0.0525. The van der Waals surface area contributed by atoms with Crippen molar-refractivity contribution in [3.05, 3.63) is 36.3 Å². The molecule has 0 aliphatic carbocycles. The molecular weight excluding hydrogens is 362 g/mol. The molecule has 0 bridgehead atoms. The van der Waals surface area contributed by atoms with Crippen LogP contribution in [-0.4, -0.2) is 60.9 Å². The number of nitrogens with two attached hydrogens (primary N) is 1. The van der Waals surface area contributed by atoms with Gasteiger partial charge in [-0.15, -0.1) is 0 Å². The van der Waals surface area contributed by atoms with Crippen molar-refractivity contribution in [2.75, 3.05) is 50.8 Å². The fourth-order valence-corrected chi connectivity index (χ4v) is 2.63. The lowest BCUT2D eigenvalue weighted by atomic mass is 10.2. The van der Waals surface area contributed by atoms with Gasteiger partial charge in [0.2, 0.25) is 5.95 Å². The van der Waals surface area contributed by atoms with Crippen LogP contribution in [0.1, 0.15) is 24.3 Å². The number of methoxy groups -OCH3 is 2. The summed E-state index contributed by atoms with van der Waals surface area (Å²) in [7, 11) is -6.05. The van der Waals surface area contributed by atoms with Crippen LogP contribution in [0, 0.1) is 0 Å². The van der Waals surface area contributed by atoms with E-state index in [9.17, 15) is 4.79 Å². The predicted octanol–water partition coefficient (Wildman–Crippen LogP) is 1.78. The molecule has 1 aromatic carbocycles. The fourth-order valence-electron chi connectivity index (χ4n) is 2.63. The maximum atomic E-state index is 12.9. The monoisotopic (exact) mass is 395 g/mol. The van der Waals surface area contributed by atoms with Crippen LogP contribution in [0.25, 0.3) is 10.9 Å². The first-order valence-corrected chi connectivity index (χ1v) is 7.92. The molecule has 9 heteroatoms. The quantitative estimate of drug-likeness (QED) is 0.697. The zero-order chi connectivity index (χ0) is 29.8. The number of carbonyl (C=O) groups excluding carboxylic acids is 1. The molecule has 0 radical (unpaired) electrons. The van der Waals surface area contributed by atoms with Crippen LogP contribution in [-0.2, 0) is 0 Å². The Morgan fingerprint density at radius 3 is 2.75 bits per heavy atom. The number of fused-ring (bicyclic) bond motifs is 1. The fraction of sp³-hybridized carbons (Fsp3) is 0.316. The second-order valence-electron chi connectivity index (χ2n) is 5.66. The minimum Gasteiger partial charge on any atom is -0.493 e. The third kappa shape index (κ3) is 3.15. The molecule has 2 aromatic heterocycles. The summed E-state index contributed by atoms with van der Waals surface area (Å²) in [5, 5.41) is -0.122. The van der Waals surface area contributed by atoms with E-state index in [4.69, 9.17) is 30.4 Å². The van der Waals surface area contributed by atoms with Crippen molar-refractivity contribution in [2.45, 2.75) is 0 Å². The molecule has 3 heterocycles. The maximum absolute atomic E-state index is 12.9. The number of ether oxygens (including phenoxy) is 2. The first-order chi connectivity index (χ1) is 18.3. The largest absolute Gasteiger partial charge is 0.493 e. The number of amides is 1. The van der Waals surface area contributed by atoms with E-state index in [0.29, 0.717) is 4.90 Å². The molecular formula is C19H21N5O4. The third-order valence-corrected chi connectivity index (χ3v) is 4.01. The summed E-state index contributed by atoms with van der Waals surface area (Å²) in [4.78, 5) is 22.6. The van der Waals surface area contributed by atoms with Crippen molar-refractivity contribution in [3.63, 3.8) is 0 Å². The summed E-state index contributed by atoms with van der Waals surface area (Å²) < 4.78 is 108. The highest BCUT2D eigenvalue weighted by Crippen LogP contribution is 2.34. The zero-order valence-electron chi connectivity index (χ0n) is 26.2. The van der Waals surface area contributed by atoms with Crippen molar-refractivity contribution >= 4 is 28.6 Å². The van der Waals surface area contributed by atoms with E-state index in [-0.39, 0.29) is 28.3 Å². The molecule has 1 aliphatic heterocycles. The number of carbonyl (C=O) groups is 1. The normalized spacial score (nSPS) is 25.0. The molecule has 1 saturated heterocycles. The highest BCUT2D eigenvalue weighted by Gasteiger charge is 2.25. The Kier molecular flexibility index (Phi) is 2.25. The Hall–Kier alpha value is -3.49. The molecule has 3 aromatic rings. The van der Waals surface area contributed by atoms with Gasteiger partial charge in [-0.1, -0.05) is 0 Å². The molecule has 0 saturated carbocycles. The van der Waals surface area contributed by atoms with Crippen molar-refractivity contribution in [1.82, 2.24) is 14.9 Å². The summed E-state index contributed by atoms with van der Waals surface area (Å²) in [5.41, 5.74) is -0.103. The maximum Gasteiger partial charge on any atom is 0.289 e. The van der Waals surface area contributed by atoms with E-state index in [1.54, 1.807) is 0 Å². The smallest absolute Gasteiger partial charge is 0.289 e. The predicted molar refractivity (Wildman–Crippen MR) is 104 cm³/mol. The Balaban J connectivity index is 1.81. The first-order valence-electron chi connectivity index (χ1n) is 13.8. The molecule has 1 amide bonds. The number of nitrogens with zero attached hydrogens (tertiary/aromatic N) is 4. The number of nitrogen functional groups attached to an aromatic ring is 1. The van der Waals surface area contributed by atoms with Gasteiger partial charge in [0.25, 0.3) is 5.91 Å². The number of furan rings is 1. The van der Waals surface area contributed by atoms with Gasteiger partial charge in [-0.25, -0.2) is 4.98 Å². The Morgan fingerprint density at radius 2 is 2.07 bits per heavy atom. The van der Waals surface area contributed by atoms with E-state index >= 15 is 0 Å². The number of rotatable bonds is 5. The van der Waals surface area contributed by atoms with Gasteiger partial charge >= 0.3 is 0 Å². The Morgan fingerprint density at radius 1 is 1.29 bits per heavy atom. The van der Waals surface area contributed by atoms with Crippen LogP contribution in [0.2, 0.25) is 2.82 Å². The summed E-state index contributed by atoms with van der Waals surface area (Å²) in [6.07, 6.45) is 1.19. The van der Waals surface area contributed by atoms with Gasteiger partial charge in [0.15, 0.2) is 20.1 Å². The molecule has 9 nitrogen and oxygen atoms in total. The second-order valence-corrected chi connectivity index (χ2v) is 5.66. The number of hydrogen-bond donors (Lipinski definition) is 1. The van der Waals surface area contributed by atoms with E-state index in [2.05, 4.69) is 9.97 Å². The summed E-state index contributed by atoms with van der Waals surface area (Å²) >= 11 is 0. The average molecular weight is 395 g/mol. The molecule has 0 spiro atoms. The van der Waals surface area contributed by atoms with E-state index in [1.807, 2.05) is 0 Å². The number of benzene rings is 1. The van der Waals surface area contributed by atoms with Gasteiger partial charge in [0.05, 0.1) is 39.6 Å². The molecule has 0 unspecified atom stereocenters. The highest BCUT2D eigenvalue weighted by molar-refractivity contribution is 5.92. The SMILES string of the molecule is [2H]N([2H])c1nc(N2CC([2H])([2H])N(C(=O)c3ccco3)C([2H])([2H])C2)nc2cc(OC([2H])([2H])[2H])c(OC([2H])([2H])[2H])cc12. The van der Waals surface area contributed by atoms with Crippen LogP contribution >= 0.6 is 0 Å². The summed E-state index contributed by atoms with van der Waals surface area (Å²) in [5.74, 6) is -3.24. The van der Waals surface area contributed by atoms with Crippen LogP contribution in [0.5, 0.6) is 11.5 Å². The van der Waals surface area contributed by atoms with E-state index in [0.717, 1.165) is 17.0 Å². The van der Waals surface area contributed by atoms with Crippen LogP contribution < -0.4 is 20.1 Å². The van der Waals surface area contributed by atoms with E-state index < -0.39 is 63.4 Å². The van der Waals surface area contributed by atoms with Gasteiger partial charge in [0, 0.05) is 37.5 Å². The Bertz CT molecular complexity index is 1390. The number of hydrogen-bond acceptors (Lipinski definition) is 8. The van der Waals surface area contributed by atoms with Gasteiger partial charge in [-0.05, 0) is 18.2 Å². The molecule has 4 rings (SSSR count). The summed E-state index contributed by atoms with van der Waals surface area (Å²) in [6.45, 7) is -6.53. The lowest BCUT2D eigenvalue weighted by molar-refractivity contribution is 0.0714. The molecule has 1 aliphatic rings. The highest BCUT2D eigenvalue weighted by atomic mass is 16.5. The lowest BCUT2D eigenvalue weighted by Crippen LogP contribution is -2.49. The van der Waals surface area contributed by atoms with Crippen LogP contribution in [0.3, 0.4) is 0 Å². The molecule has 0 atom stereocenters. The van der Waals surface area contributed by atoms with E-state index in [1.165, 1.54) is 18.4 Å². The van der Waals surface area contributed by atoms with Crippen molar-refractivity contribution in [1.29, 1.82) is 0 Å². The topological polar surface area (TPSA) is 107 Å². The van der Waals surface area contributed by atoms with Crippen LogP contribution in [0.15, 0.2) is 34.9 Å². The van der Waals surface area contributed by atoms with Crippen molar-refractivity contribution in [3.8, 4) is 11.5 Å². The summed E-state index contributed by atoms with van der Waals surface area (Å²) in [6, 6.07) is 4.63. The molecule has 146 valence electrons. The van der Waals surface area contributed by atoms with Crippen LogP contribution in [0.4, 0.5) is 11.8 Å². The number of anilines is 2. The van der Waals surface area contributed by atoms with Gasteiger partial charge in [-0.2, -0.15) is 4.98 Å². The zero-order valence-corrected chi connectivity index (χ0v) is 14.2. The average Bonchev–Trinajstić information content (AvgIpc) is 3.30. The number of aromatic nitrogens is 2. The molecule has 28 heavy (non-hydrogen) atoms. The standard InChI is InChI=1S/C19H21N5O4/c1-26-15-10-12-13(11-16(15)27-2)21-19(22-17(12)20)24-7-5-23(6-8-24)18(25)14-4-3-9-28-14/h3-4,9-11H,5-8H2,1-2H3,(H2,20,21,22)/i1D3,2D3,5D2,6D2/hD2. The molecule has 2 N–H and O–H groups in total. The minimum atomic E-state index is -3.03. The van der Waals surface area contributed by atoms with Gasteiger partial charge < -0.3 is 29.4 Å². The van der Waals surface area contributed by atoms with Crippen molar-refractivity contribution in [2.24, 2.45) is 0 Å².